The van der Waals surface area contributed by atoms with Crippen molar-refractivity contribution in [3.05, 3.63) is 53.9 Å². The molecule has 0 saturated heterocycles. The summed E-state index contributed by atoms with van der Waals surface area (Å²) in [5.74, 6) is 1.76. The van der Waals surface area contributed by atoms with Gasteiger partial charge in [0.1, 0.15) is 17.1 Å². The van der Waals surface area contributed by atoms with Crippen molar-refractivity contribution in [3.8, 4) is 5.75 Å². The molecule has 1 heterocycles. The molecule has 0 saturated carbocycles. The highest BCUT2D eigenvalue weighted by molar-refractivity contribution is 6.45. The van der Waals surface area contributed by atoms with Gasteiger partial charge in [-0.15, -0.1) is 0 Å². The Morgan fingerprint density at radius 1 is 1.19 bits per heavy atom. The summed E-state index contributed by atoms with van der Waals surface area (Å²) >= 11 is 0. The molecular weight excluding hydrogens is 263 g/mol. The molecule has 21 heavy (non-hydrogen) atoms. The van der Waals surface area contributed by atoms with Crippen LogP contribution in [0.1, 0.15) is 11.4 Å². The molecular formula is C16H17BN2O2. The van der Waals surface area contributed by atoms with Crippen molar-refractivity contribution >= 4 is 24.0 Å². The minimum absolute atomic E-state index is 0.0739. The monoisotopic (exact) mass is 280 g/mol. The maximum Gasteiger partial charge on any atom is 0.304 e. The van der Waals surface area contributed by atoms with E-state index in [-0.39, 0.29) is 7.48 Å². The number of para-hydroxylation sites is 1. The van der Waals surface area contributed by atoms with E-state index in [2.05, 4.69) is 15.6 Å². The molecule has 3 rings (SSSR count). The van der Waals surface area contributed by atoms with E-state index in [0.29, 0.717) is 0 Å². The van der Waals surface area contributed by atoms with E-state index in [4.69, 9.17) is 9.76 Å². The zero-order valence-corrected chi connectivity index (χ0v) is 12.2. The summed E-state index contributed by atoms with van der Waals surface area (Å²) in [6.07, 6.45) is 0. The van der Waals surface area contributed by atoms with Crippen molar-refractivity contribution in [1.29, 1.82) is 0 Å². The summed E-state index contributed by atoms with van der Waals surface area (Å²) in [5.41, 5.74) is 4.06. The average molecular weight is 280 g/mol. The second-order valence-corrected chi connectivity index (χ2v) is 5.05. The van der Waals surface area contributed by atoms with Gasteiger partial charge in [-0.2, -0.15) is 0 Å². The van der Waals surface area contributed by atoms with Crippen molar-refractivity contribution in [3.63, 3.8) is 0 Å². The van der Waals surface area contributed by atoms with Gasteiger partial charge in [-0.25, -0.2) is 4.98 Å². The van der Waals surface area contributed by atoms with E-state index in [9.17, 15) is 0 Å². The Hall–Kier alpha value is -2.27. The van der Waals surface area contributed by atoms with Gasteiger partial charge < -0.3 is 14.3 Å². The van der Waals surface area contributed by atoms with Crippen LogP contribution in [0.5, 0.6) is 5.75 Å². The molecule has 0 aliphatic heterocycles. The summed E-state index contributed by atoms with van der Waals surface area (Å²) in [6, 6.07) is 13.9. The van der Waals surface area contributed by atoms with Crippen LogP contribution in [0, 0.1) is 6.92 Å². The van der Waals surface area contributed by atoms with Crippen LogP contribution in [0.15, 0.2) is 42.5 Å². The predicted molar refractivity (Wildman–Crippen MR) is 85.6 cm³/mol. The second-order valence-electron chi connectivity index (χ2n) is 5.05. The largest absolute Gasteiger partial charge is 0.494 e. The Labute approximate surface area is 124 Å². The molecule has 3 aromatic rings. The smallest absolute Gasteiger partial charge is 0.304 e. The Balaban J connectivity index is 2.01. The Morgan fingerprint density at radius 3 is 2.62 bits per heavy atom. The van der Waals surface area contributed by atoms with E-state index in [1.165, 1.54) is 5.56 Å². The molecule has 5 heteroatoms. The van der Waals surface area contributed by atoms with Crippen molar-refractivity contribution in [2.24, 2.45) is 0 Å². The third-order valence-corrected chi connectivity index (χ3v) is 3.70. The average Bonchev–Trinajstić information content (AvgIpc) is 2.84. The topological polar surface area (TPSA) is 47.3 Å². The van der Waals surface area contributed by atoms with E-state index < -0.39 is 0 Å². The Kier molecular flexibility index (Phi) is 3.67. The van der Waals surface area contributed by atoms with E-state index in [0.717, 1.165) is 34.6 Å². The van der Waals surface area contributed by atoms with Crippen LogP contribution in [0.3, 0.4) is 0 Å². The van der Waals surface area contributed by atoms with Gasteiger partial charge in [0.05, 0.1) is 12.6 Å². The highest BCUT2D eigenvalue weighted by Crippen LogP contribution is 2.26. The number of ether oxygens (including phenoxy) is 1. The summed E-state index contributed by atoms with van der Waals surface area (Å²) < 4.78 is 7.55. The minimum atomic E-state index is 0.0739. The molecule has 0 spiro atoms. The van der Waals surface area contributed by atoms with Gasteiger partial charge in [0, 0.05) is 6.54 Å². The number of methoxy groups -OCH3 is 1. The molecule has 0 atom stereocenters. The summed E-state index contributed by atoms with van der Waals surface area (Å²) in [5, 5.41) is 9.10. The van der Waals surface area contributed by atoms with Crippen LogP contribution >= 0.6 is 0 Å². The van der Waals surface area contributed by atoms with E-state index in [1.807, 2.05) is 43.3 Å². The maximum atomic E-state index is 9.10. The normalized spacial score (nSPS) is 10.8. The molecule has 0 amide bonds. The Bertz CT molecular complexity index is 766. The van der Waals surface area contributed by atoms with Crippen LogP contribution in [0.25, 0.3) is 11.0 Å². The van der Waals surface area contributed by atoms with Gasteiger partial charge in [-0.1, -0.05) is 35.8 Å². The first-order chi connectivity index (χ1) is 10.2. The third-order valence-electron chi connectivity index (χ3n) is 3.70. The fourth-order valence-electron chi connectivity index (χ4n) is 2.53. The van der Waals surface area contributed by atoms with Gasteiger partial charge in [0.2, 0.25) is 0 Å². The lowest BCUT2D eigenvalue weighted by Gasteiger charge is -2.08. The quantitative estimate of drug-likeness (QED) is 0.734. The van der Waals surface area contributed by atoms with E-state index in [1.54, 1.807) is 7.11 Å². The maximum absolute atomic E-state index is 9.10. The number of hydrogen-bond acceptors (Lipinski definition) is 3. The van der Waals surface area contributed by atoms with Crippen LogP contribution in [-0.2, 0) is 6.54 Å². The fraction of sp³-hybridized carbons (Fsp3) is 0.188. The summed E-state index contributed by atoms with van der Waals surface area (Å²) in [4.78, 5) is 4.61. The van der Waals surface area contributed by atoms with Crippen LogP contribution < -0.4 is 10.2 Å². The van der Waals surface area contributed by atoms with Gasteiger partial charge in [-0.3, -0.25) is 0 Å². The number of imidazole rings is 1. The van der Waals surface area contributed by atoms with Crippen molar-refractivity contribution in [1.82, 2.24) is 9.55 Å². The fourth-order valence-corrected chi connectivity index (χ4v) is 2.53. The first kappa shape index (κ1) is 13.7. The predicted octanol–water partition coefficient (Wildman–Crippen LogP) is 1.37. The number of hydrogen-bond donors (Lipinski definition) is 1. The molecule has 0 aliphatic carbocycles. The number of fused-ring (bicyclic) bond motifs is 1. The molecule has 106 valence electrons. The molecule has 0 unspecified atom stereocenters. The standard InChI is InChI=1S/C16H17BN2O2/c1-11-18-16-14(4-3-5-15(16)21-2)19(11)10-12-6-8-13(17-20)9-7-12/h3-9,17,20H,10H2,1-2H3. The van der Waals surface area contributed by atoms with Crippen LogP contribution in [0.4, 0.5) is 0 Å². The number of aryl methyl sites for hydroxylation is 1. The molecule has 0 radical (unpaired) electrons. The SMILES string of the molecule is COc1cccc2c1nc(C)n2Cc1ccc(BO)cc1. The van der Waals surface area contributed by atoms with Crippen molar-refractivity contribution < 1.29 is 9.76 Å². The third kappa shape index (κ3) is 2.52. The second kappa shape index (κ2) is 5.62. The van der Waals surface area contributed by atoms with Crippen LogP contribution in [-0.4, -0.2) is 29.2 Å². The summed E-state index contributed by atoms with van der Waals surface area (Å²) in [6.45, 7) is 2.75. The molecule has 0 aliphatic rings. The molecule has 0 fully saturated rings. The van der Waals surface area contributed by atoms with Crippen molar-refractivity contribution in [2.75, 3.05) is 7.11 Å². The highest BCUT2D eigenvalue weighted by Gasteiger charge is 2.11. The zero-order valence-electron chi connectivity index (χ0n) is 12.2. The zero-order chi connectivity index (χ0) is 14.8. The van der Waals surface area contributed by atoms with E-state index >= 15 is 0 Å². The van der Waals surface area contributed by atoms with Crippen molar-refractivity contribution in [2.45, 2.75) is 13.5 Å². The summed E-state index contributed by atoms with van der Waals surface area (Å²) in [7, 11) is 1.74. The van der Waals surface area contributed by atoms with Gasteiger partial charge in [-0.05, 0) is 24.6 Å². The molecule has 0 bridgehead atoms. The number of benzene rings is 2. The molecule has 1 N–H and O–H groups in total. The molecule has 4 nitrogen and oxygen atoms in total. The minimum Gasteiger partial charge on any atom is -0.494 e. The number of aromatic nitrogens is 2. The number of rotatable bonds is 4. The van der Waals surface area contributed by atoms with Gasteiger partial charge in [0.25, 0.3) is 0 Å². The first-order valence-electron chi connectivity index (χ1n) is 6.91. The first-order valence-corrected chi connectivity index (χ1v) is 6.91. The lowest BCUT2D eigenvalue weighted by molar-refractivity contribution is 0.419. The van der Waals surface area contributed by atoms with Gasteiger partial charge >= 0.3 is 7.48 Å². The van der Waals surface area contributed by atoms with Gasteiger partial charge in [0.15, 0.2) is 0 Å². The molecule has 1 aromatic heterocycles. The lowest BCUT2D eigenvalue weighted by atomic mass is 9.88. The highest BCUT2D eigenvalue weighted by atomic mass is 16.5. The number of nitrogens with zero attached hydrogens (tertiary/aromatic N) is 2. The molecule has 2 aromatic carbocycles. The van der Waals surface area contributed by atoms with Crippen LogP contribution in [0.2, 0.25) is 0 Å². The lowest BCUT2D eigenvalue weighted by Crippen LogP contribution is -2.13. The Morgan fingerprint density at radius 2 is 1.95 bits per heavy atom.